The van der Waals surface area contributed by atoms with Crippen molar-refractivity contribution < 1.29 is 14.6 Å². The van der Waals surface area contributed by atoms with Crippen LogP contribution in [0.1, 0.15) is 18.1 Å². The van der Waals surface area contributed by atoms with Crippen molar-refractivity contribution in [2.75, 3.05) is 19.8 Å². The first-order valence-corrected chi connectivity index (χ1v) is 8.42. The van der Waals surface area contributed by atoms with Crippen molar-refractivity contribution in [3.05, 3.63) is 78.1 Å². The number of rotatable bonds is 9. The van der Waals surface area contributed by atoms with Gasteiger partial charge >= 0.3 is 0 Å². The van der Waals surface area contributed by atoms with Gasteiger partial charge < -0.3 is 14.6 Å². The SMILES string of the molecule is C=C(C)C(=C)OCCOc1cc(-c2ccc(C)cc2)ccc1CCO. The molecule has 0 saturated carbocycles. The van der Waals surface area contributed by atoms with Gasteiger partial charge in [0, 0.05) is 6.61 Å². The average molecular weight is 338 g/mol. The van der Waals surface area contributed by atoms with Gasteiger partial charge in [0.25, 0.3) is 0 Å². The Hall–Kier alpha value is -2.52. The first-order chi connectivity index (χ1) is 12.0. The molecule has 0 saturated heterocycles. The fourth-order valence-corrected chi connectivity index (χ4v) is 2.38. The molecule has 132 valence electrons. The predicted octanol–water partition coefficient (Wildman–Crippen LogP) is 4.68. The van der Waals surface area contributed by atoms with Gasteiger partial charge in [-0.1, -0.05) is 55.1 Å². The minimum Gasteiger partial charge on any atom is -0.490 e. The fourth-order valence-electron chi connectivity index (χ4n) is 2.38. The minimum atomic E-state index is 0.0865. The Balaban J connectivity index is 2.10. The number of hydrogen-bond donors (Lipinski definition) is 1. The van der Waals surface area contributed by atoms with Crippen LogP contribution in [0.4, 0.5) is 0 Å². The average Bonchev–Trinajstić information content (AvgIpc) is 2.60. The fraction of sp³-hybridized carbons (Fsp3) is 0.273. The molecule has 0 aliphatic heterocycles. The Kier molecular flexibility index (Phi) is 6.84. The minimum absolute atomic E-state index is 0.0865. The third-order valence-electron chi connectivity index (χ3n) is 3.93. The molecule has 0 aliphatic carbocycles. The second kappa shape index (κ2) is 9.09. The van der Waals surface area contributed by atoms with Crippen molar-refractivity contribution in [1.29, 1.82) is 0 Å². The van der Waals surface area contributed by atoms with Crippen LogP contribution in [0.15, 0.2) is 67.0 Å². The zero-order chi connectivity index (χ0) is 18.2. The van der Waals surface area contributed by atoms with Crippen molar-refractivity contribution in [3.63, 3.8) is 0 Å². The van der Waals surface area contributed by atoms with Crippen LogP contribution in [0.3, 0.4) is 0 Å². The molecule has 2 aromatic carbocycles. The number of benzene rings is 2. The molecule has 3 nitrogen and oxygen atoms in total. The number of allylic oxidation sites excluding steroid dienone is 1. The van der Waals surface area contributed by atoms with Gasteiger partial charge in [0.2, 0.25) is 0 Å². The molecule has 0 aromatic heterocycles. The molecule has 0 spiro atoms. The van der Waals surface area contributed by atoms with Crippen LogP contribution < -0.4 is 4.74 Å². The summed E-state index contributed by atoms with van der Waals surface area (Å²) in [5.74, 6) is 1.35. The van der Waals surface area contributed by atoms with Crippen LogP contribution in [-0.4, -0.2) is 24.9 Å². The van der Waals surface area contributed by atoms with E-state index >= 15 is 0 Å². The molecule has 25 heavy (non-hydrogen) atoms. The zero-order valence-electron chi connectivity index (χ0n) is 15.0. The van der Waals surface area contributed by atoms with Gasteiger partial charge in [-0.2, -0.15) is 0 Å². The summed E-state index contributed by atoms with van der Waals surface area (Å²) in [6, 6.07) is 14.5. The van der Waals surface area contributed by atoms with Crippen LogP contribution in [0, 0.1) is 6.92 Å². The van der Waals surface area contributed by atoms with Crippen molar-refractivity contribution >= 4 is 0 Å². The number of hydrogen-bond acceptors (Lipinski definition) is 3. The largest absolute Gasteiger partial charge is 0.490 e. The number of aliphatic hydroxyl groups is 1. The van der Waals surface area contributed by atoms with Gasteiger partial charge in [-0.15, -0.1) is 0 Å². The maximum Gasteiger partial charge on any atom is 0.123 e. The Morgan fingerprint density at radius 3 is 2.32 bits per heavy atom. The highest BCUT2D eigenvalue weighted by atomic mass is 16.5. The van der Waals surface area contributed by atoms with Crippen LogP contribution in [0.5, 0.6) is 5.75 Å². The van der Waals surface area contributed by atoms with E-state index < -0.39 is 0 Å². The molecule has 3 heteroatoms. The molecule has 1 N–H and O–H groups in total. The van der Waals surface area contributed by atoms with E-state index in [1.165, 1.54) is 5.56 Å². The summed E-state index contributed by atoms with van der Waals surface area (Å²) in [5, 5.41) is 9.26. The molecular weight excluding hydrogens is 312 g/mol. The Bertz CT molecular complexity index is 729. The van der Waals surface area contributed by atoms with Crippen LogP contribution >= 0.6 is 0 Å². The Morgan fingerprint density at radius 1 is 1.00 bits per heavy atom. The highest BCUT2D eigenvalue weighted by Gasteiger charge is 2.07. The molecule has 0 amide bonds. The zero-order valence-corrected chi connectivity index (χ0v) is 15.0. The molecule has 2 rings (SSSR count). The van der Waals surface area contributed by atoms with Gasteiger partial charge in [0.1, 0.15) is 24.7 Å². The van der Waals surface area contributed by atoms with Crippen LogP contribution in [-0.2, 0) is 11.2 Å². The highest BCUT2D eigenvalue weighted by molar-refractivity contribution is 5.66. The van der Waals surface area contributed by atoms with E-state index in [2.05, 4.69) is 50.4 Å². The summed E-state index contributed by atoms with van der Waals surface area (Å²) < 4.78 is 11.4. The highest BCUT2D eigenvalue weighted by Crippen LogP contribution is 2.28. The summed E-state index contributed by atoms with van der Waals surface area (Å²) in [6.45, 7) is 12.4. The van der Waals surface area contributed by atoms with Crippen LogP contribution in [0.25, 0.3) is 11.1 Å². The molecule has 2 aromatic rings. The van der Waals surface area contributed by atoms with E-state index in [-0.39, 0.29) is 6.61 Å². The molecule has 0 unspecified atom stereocenters. The van der Waals surface area contributed by atoms with Crippen molar-refractivity contribution in [2.24, 2.45) is 0 Å². The van der Waals surface area contributed by atoms with Crippen molar-refractivity contribution in [3.8, 4) is 16.9 Å². The monoisotopic (exact) mass is 338 g/mol. The maximum absolute atomic E-state index is 9.26. The molecule has 0 atom stereocenters. The first-order valence-electron chi connectivity index (χ1n) is 8.42. The summed E-state index contributed by atoms with van der Waals surface area (Å²) in [5.41, 5.74) is 5.24. The third kappa shape index (κ3) is 5.50. The topological polar surface area (TPSA) is 38.7 Å². The molecule has 0 aliphatic rings. The maximum atomic E-state index is 9.26. The third-order valence-corrected chi connectivity index (χ3v) is 3.93. The number of ether oxygens (including phenoxy) is 2. The van der Waals surface area contributed by atoms with Gasteiger partial charge in [0.05, 0.1) is 0 Å². The van der Waals surface area contributed by atoms with Gasteiger partial charge in [-0.3, -0.25) is 0 Å². The number of aliphatic hydroxyl groups excluding tert-OH is 1. The summed E-state index contributed by atoms with van der Waals surface area (Å²) >= 11 is 0. The lowest BCUT2D eigenvalue weighted by atomic mass is 10.0. The van der Waals surface area contributed by atoms with E-state index in [4.69, 9.17) is 9.47 Å². The smallest absolute Gasteiger partial charge is 0.123 e. The molecule has 0 radical (unpaired) electrons. The lowest BCUT2D eigenvalue weighted by Crippen LogP contribution is -2.08. The normalized spacial score (nSPS) is 10.4. The Morgan fingerprint density at radius 2 is 1.68 bits per heavy atom. The van der Waals surface area contributed by atoms with Gasteiger partial charge in [-0.25, -0.2) is 0 Å². The number of aryl methyl sites for hydroxylation is 1. The lowest BCUT2D eigenvalue weighted by molar-refractivity contribution is 0.161. The lowest BCUT2D eigenvalue weighted by Gasteiger charge is -2.14. The van der Waals surface area contributed by atoms with E-state index in [9.17, 15) is 5.11 Å². The predicted molar refractivity (Wildman–Crippen MR) is 103 cm³/mol. The molecular formula is C22H26O3. The van der Waals surface area contributed by atoms with Crippen molar-refractivity contribution in [2.45, 2.75) is 20.3 Å². The second-order valence-electron chi connectivity index (χ2n) is 6.06. The van der Waals surface area contributed by atoms with E-state index in [0.717, 1.165) is 28.0 Å². The molecule has 0 bridgehead atoms. The van der Waals surface area contributed by atoms with Crippen LogP contribution in [0.2, 0.25) is 0 Å². The molecule has 0 heterocycles. The van der Waals surface area contributed by atoms with E-state index in [0.29, 0.717) is 25.4 Å². The summed E-state index contributed by atoms with van der Waals surface area (Å²) in [7, 11) is 0. The Labute approximate surface area is 150 Å². The van der Waals surface area contributed by atoms with Gasteiger partial charge in [-0.05, 0) is 48.6 Å². The summed E-state index contributed by atoms with van der Waals surface area (Å²) in [6.07, 6.45) is 0.558. The van der Waals surface area contributed by atoms with E-state index in [1.54, 1.807) is 0 Å². The van der Waals surface area contributed by atoms with Gasteiger partial charge in [0.15, 0.2) is 0 Å². The van der Waals surface area contributed by atoms with E-state index in [1.807, 2.05) is 19.1 Å². The summed E-state index contributed by atoms with van der Waals surface area (Å²) in [4.78, 5) is 0. The standard InChI is InChI=1S/C22H26O3/c1-16(2)18(4)24-13-14-25-22-15-21(10-9-20(22)11-12-23)19-7-5-17(3)6-8-19/h5-10,15,23H,1,4,11-14H2,2-3H3. The second-order valence-corrected chi connectivity index (χ2v) is 6.06. The quantitative estimate of drug-likeness (QED) is 0.410. The van der Waals surface area contributed by atoms with Crippen molar-refractivity contribution in [1.82, 2.24) is 0 Å². The first kappa shape index (κ1) is 18.8. The molecule has 0 fully saturated rings.